The van der Waals surface area contributed by atoms with Crippen LogP contribution in [0.1, 0.15) is 21.7 Å². The summed E-state index contributed by atoms with van der Waals surface area (Å²) in [5.41, 5.74) is 0.866. The van der Waals surface area contributed by atoms with Gasteiger partial charge in [-0.15, -0.1) is 0 Å². The summed E-state index contributed by atoms with van der Waals surface area (Å²) < 4.78 is 19.7. The molecule has 0 spiro atoms. The lowest BCUT2D eigenvalue weighted by molar-refractivity contribution is -0.142. The van der Waals surface area contributed by atoms with Crippen molar-refractivity contribution in [2.75, 3.05) is 11.9 Å². The molecule has 0 aliphatic carbocycles. The molecule has 1 amide bonds. The quantitative estimate of drug-likeness (QED) is 0.497. The van der Waals surface area contributed by atoms with Gasteiger partial charge in [0.15, 0.2) is 6.61 Å². The second-order valence-electron chi connectivity index (χ2n) is 5.25. The average molecular weight is 368 g/mol. The van der Waals surface area contributed by atoms with Gasteiger partial charge in [-0.3, -0.25) is 14.3 Å². The van der Waals surface area contributed by atoms with Gasteiger partial charge in [0.2, 0.25) is 0 Å². The molecule has 1 aromatic carbocycles. The number of anilines is 1. The van der Waals surface area contributed by atoms with Crippen molar-refractivity contribution < 1.29 is 23.5 Å². The molecule has 0 aliphatic heterocycles. The minimum atomic E-state index is -1.19. The predicted molar refractivity (Wildman–Crippen MR) is 88.0 cm³/mol. The molecule has 9 heteroatoms. The van der Waals surface area contributed by atoms with Crippen LogP contribution in [-0.4, -0.2) is 34.0 Å². The van der Waals surface area contributed by atoms with Gasteiger partial charge in [-0.25, -0.2) is 9.18 Å². The number of aryl methyl sites for hydroxylation is 2. The van der Waals surface area contributed by atoms with Crippen molar-refractivity contribution in [3.8, 4) is 0 Å². The van der Waals surface area contributed by atoms with Crippen LogP contribution >= 0.6 is 11.6 Å². The van der Waals surface area contributed by atoms with E-state index in [4.69, 9.17) is 11.6 Å². The summed E-state index contributed by atoms with van der Waals surface area (Å²) in [6.45, 7) is 2.48. The third-order valence-electron chi connectivity index (χ3n) is 3.46. The van der Waals surface area contributed by atoms with Gasteiger partial charge in [0.1, 0.15) is 5.82 Å². The number of benzene rings is 1. The van der Waals surface area contributed by atoms with Crippen molar-refractivity contribution in [2.24, 2.45) is 7.05 Å². The Morgan fingerprint density at radius 2 is 2.00 bits per heavy atom. The van der Waals surface area contributed by atoms with E-state index in [1.54, 1.807) is 20.9 Å². The Morgan fingerprint density at radius 3 is 2.60 bits per heavy atom. The third-order valence-corrected chi connectivity index (χ3v) is 3.69. The van der Waals surface area contributed by atoms with Gasteiger partial charge in [0.25, 0.3) is 11.7 Å². The summed E-state index contributed by atoms with van der Waals surface area (Å²) in [4.78, 5) is 35.7. The first-order valence-electron chi connectivity index (χ1n) is 7.17. The fourth-order valence-corrected chi connectivity index (χ4v) is 2.35. The summed E-state index contributed by atoms with van der Waals surface area (Å²) >= 11 is 5.71. The predicted octanol–water partition coefficient (Wildman–Crippen LogP) is 2.19. The van der Waals surface area contributed by atoms with Crippen LogP contribution in [0.15, 0.2) is 18.2 Å². The maximum absolute atomic E-state index is 13.5. The highest BCUT2D eigenvalue weighted by molar-refractivity contribution is 6.41. The largest absolute Gasteiger partial charge is 0.450 e. The smallest absolute Gasteiger partial charge is 0.380 e. The number of hydrogen-bond acceptors (Lipinski definition) is 5. The number of nitrogens with zero attached hydrogens (tertiary/aromatic N) is 2. The summed E-state index contributed by atoms with van der Waals surface area (Å²) in [5.74, 6) is -3.59. The van der Waals surface area contributed by atoms with E-state index in [1.165, 1.54) is 16.8 Å². The number of Topliss-reactive ketones (excluding diaryl/α,β-unsaturated/α-hetero) is 1. The standard InChI is InChI=1S/C16H15ClFN3O4/c1-8-14(9(2)21(3)20-8)15(23)16(24)25-7-13(22)19-12-6-10(17)4-5-11(12)18/h4-6H,7H2,1-3H3,(H,19,22). The Bertz CT molecular complexity index is 863. The molecule has 132 valence electrons. The Labute approximate surface area is 147 Å². The summed E-state index contributed by atoms with van der Waals surface area (Å²) in [6.07, 6.45) is 0. The molecule has 0 saturated heterocycles. The van der Waals surface area contributed by atoms with Crippen LogP contribution in [-0.2, 0) is 21.4 Å². The lowest BCUT2D eigenvalue weighted by atomic mass is 10.1. The maximum Gasteiger partial charge on any atom is 0.380 e. The van der Waals surface area contributed by atoms with Gasteiger partial charge in [-0.2, -0.15) is 5.10 Å². The molecule has 0 unspecified atom stereocenters. The van der Waals surface area contributed by atoms with E-state index in [1.807, 2.05) is 0 Å². The molecule has 25 heavy (non-hydrogen) atoms. The van der Waals surface area contributed by atoms with Crippen LogP contribution in [0.2, 0.25) is 5.02 Å². The fourth-order valence-electron chi connectivity index (χ4n) is 2.18. The van der Waals surface area contributed by atoms with Crippen LogP contribution in [0.25, 0.3) is 0 Å². The lowest BCUT2D eigenvalue weighted by Crippen LogP contribution is -2.25. The summed E-state index contributed by atoms with van der Waals surface area (Å²) in [6, 6.07) is 3.62. The fraction of sp³-hybridized carbons (Fsp3) is 0.250. The number of amides is 1. The Kier molecular flexibility index (Phi) is 5.53. The number of ether oxygens (including phenoxy) is 1. The molecule has 0 radical (unpaired) electrons. The monoisotopic (exact) mass is 367 g/mol. The van der Waals surface area contributed by atoms with Crippen LogP contribution in [0, 0.1) is 19.7 Å². The molecule has 7 nitrogen and oxygen atoms in total. The number of carbonyl (C=O) groups is 3. The SMILES string of the molecule is Cc1nn(C)c(C)c1C(=O)C(=O)OCC(=O)Nc1cc(Cl)ccc1F. The molecule has 0 saturated carbocycles. The van der Waals surface area contributed by atoms with Crippen LogP contribution < -0.4 is 5.32 Å². The average Bonchev–Trinajstić information content (AvgIpc) is 2.80. The van der Waals surface area contributed by atoms with E-state index >= 15 is 0 Å². The number of rotatable bonds is 5. The zero-order chi connectivity index (χ0) is 18.7. The molecule has 0 fully saturated rings. The summed E-state index contributed by atoms with van der Waals surface area (Å²) in [7, 11) is 1.64. The van der Waals surface area contributed by atoms with Gasteiger partial charge in [-0.05, 0) is 32.0 Å². The van der Waals surface area contributed by atoms with Gasteiger partial charge >= 0.3 is 5.97 Å². The summed E-state index contributed by atoms with van der Waals surface area (Å²) in [5, 5.41) is 6.47. The number of halogens is 2. The number of aromatic nitrogens is 2. The van der Waals surface area contributed by atoms with Gasteiger partial charge < -0.3 is 10.1 Å². The first-order valence-corrected chi connectivity index (χ1v) is 7.55. The number of carbonyl (C=O) groups excluding carboxylic acids is 3. The van der Waals surface area contributed by atoms with E-state index in [9.17, 15) is 18.8 Å². The zero-order valence-electron chi connectivity index (χ0n) is 13.7. The lowest BCUT2D eigenvalue weighted by Gasteiger charge is -2.07. The molecule has 0 atom stereocenters. The van der Waals surface area contributed by atoms with Crippen LogP contribution in [0.4, 0.5) is 10.1 Å². The highest BCUT2D eigenvalue weighted by Gasteiger charge is 2.25. The Morgan fingerprint density at radius 1 is 1.32 bits per heavy atom. The molecule has 1 aromatic heterocycles. The Balaban J connectivity index is 1.98. The number of ketones is 1. The van der Waals surface area contributed by atoms with E-state index in [0.29, 0.717) is 11.4 Å². The number of nitrogens with one attached hydrogen (secondary N) is 1. The highest BCUT2D eigenvalue weighted by atomic mass is 35.5. The molecule has 1 heterocycles. The van der Waals surface area contributed by atoms with E-state index in [0.717, 1.165) is 6.07 Å². The van der Waals surface area contributed by atoms with E-state index < -0.39 is 30.1 Å². The molecular formula is C16H15ClFN3O4. The minimum absolute atomic E-state index is 0.133. The Hall–Kier alpha value is -2.74. The van der Waals surface area contributed by atoms with Crippen molar-refractivity contribution in [1.29, 1.82) is 0 Å². The molecule has 1 N–H and O–H groups in total. The van der Waals surface area contributed by atoms with E-state index in [2.05, 4.69) is 15.2 Å². The molecule has 0 aliphatic rings. The van der Waals surface area contributed by atoms with Crippen LogP contribution in [0.3, 0.4) is 0 Å². The van der Waals surface area contributed by atoms with Crippen molar-refractivity contribution in [3.63, 3.8) is 0 Å². The second kappa shape index (κ2) is 7.43. The van der Waals surface area contributed by atoms with Crippen LogP contribution in [0.5, 0.6) is 0 Å². The van der Waals surface area contributed by atoms with Gasteiger partial charge in [0, 0.05) is 17.8 Å². The number of hydrogen-bond donors (Lipinski definition) is 1. The first kappa shape index (κ1) is 18.6. The maximum atomic E-state index is 13.5. The highest BCUT2D eigenvalue weighted by Crippen LogP contribution is 2.19. The van der Waals surface area contributed by atoms with E-state index in [-0.39, 0.29) is 16.3 Å². The van der Waals surface area contributed by atoms with Crippen molar-refractivity contribution >= 4 is 34.9 Å². The first-order chi connectivity index (χ1) is 11.7. The topological polar surface area (TPSA) is 90.3 Å². The number of esters is 1. The van der Waals surface area contributed by atoms with Crippen molar-refractivity contribution in [1.82, 2.24) is 9.78 Å². The molecule has 2 rings (SSSR count). The van der Waals surface area contributed by atoms with Crippen molar-refractivity contribution in [3.05, 3.63) is 46.0 Å². The van der Waals surface area contributed by atoms with Crippen molar-refractivity contribution in [2.45, 2.75) is 13.8 Å². The third kappa shape index (κ3) is 4.21. The molecular weight excluding hydrogens is 353 g/mol. The zero-order valence-corrected chi connectivity index (χ0v) is 14.5. The van der Waals surface area contributed by atoms with Gasteiger partial charge in [-0.1, -0.05) is 11.6 Å². The normalized spacial score (nSPS) is 10.4. The second-order valence-corrected chi connectivity index (χ2v) is 5.68. The molecule has 2 aromatic rings. The minimum Gasteiger partial charge on any atom is -0.450 e. The molecule has 0 bridgehead atoms. The van der Waals surface area contributed by atoms with Gasteiger partial charge in [0.05, 0.1) is 16.9 Å².